The number of hydrogen-bond acceptors (Lipinski definition) is 4. The molecule has 1 aliphatic carbocycles. The van der Waals surface area contributed by atoms with Gasteiger partial charge in [0.15, 0.2) is 0 Å². The molecule has 23 heavy (non-hydrogen) atoms. The number of rotatable bonds is 4. The van der Waals surface area contributed by atoms with E-state index in [1.165, 1.54) is 0 Å². The Balaban J connectivity index is 1.58. The summed E-state index contributed by atoms with van der Waals surface area (Å²) in [7, 11) is 1.55. The predicted octanol–water partition coefficient (Wildman–Crippen LogP) is 1.49. The predicted molar refractivity (Wildman–Crippen MR) is 82.0 cm³/mol. The molecule has 1 aromatic rings. The second kappa shape index (κ2) is 6.06. The lowest BCUT2D eigenvalue weighted by Crippen LogP contribution is -2.41. The molecule has 2 aliphatic rings. The largest absolute Gasteiger partial charge is 0.481 e. The molecule has 7 nitrogen and oxygen atoms in total. The van der Waals surface area contributed by atoms with Crippen LogP contribution >= 0.6 is 0 Å². The number of carbonyl (C=O) groups excluding carboxylic acids is 1. The van der Waals surface area contributed by atoms with Gasteiger partial charge in [-0.2, -0.15) is 0 Å². The highest BCUT2D eigenvalue weighted by Gasteiger charge is 2.55. The van der Waals surface area contributed by atoms with E-state index in [2.05, 4.69) is 10.3 Å². The van der Waals surface area contributed by atoms with E-state index in [0.717, 1.165) is 18.4 Å². The van der Waals surface area contributed by atoms with Gasteiger partial charge in [0.1, 0.15) is 0 Å². The lowest BCUT2D eigenvalue weighted by molar-refractivity contribution is -0.149. The van der Waals surface area contributed by atoms with Crippen LogP contribution in [0.2, 0.25) is 0 Å². The molecule has 1 saturated heterocycles. The first-order chi connectivity index (χ1) is 11.0. The fourth-order valence-electron chi connectivity index (χ4n) is 3.72. The minimum atomic E-state index is -0.769. The van der Waals surface area contributed by atoms with Crippen molar-refractivity contribution in [2.75, 3.05) is 20.2 Å². The highest BCUT2D eigenvalue weighted by atomic mass is 16.5. The Bertz CT molecular complexity index is 604. The van der Waals surface area contributed by atoms with Crippen molar-refractivity contribution in [1.29, 1.82) is 0 Å². The SMILES string of the molecule is COc1ccc(CNC(=O)N2C[C@@H]3CCC[C@@]3(C(=O)O)C2)cn1. The van der Waals surface area contributed by atoms with Crippen molar-refractivity contribution in [2.24, 2.45) is 11.3 Å². The first-order valence-electron chi connectivity index (χ1n) is 7.80. The molecule has 0 radical (unpaired) electrons. The van der Waals surface area contributed by atoms with E-state index in [1.54, 1.807) is 24.3 Å². The van der Waals surface area contributed by atoms with Gasteiger partial charge in [0, 0.05) is 31.9 Å². The zero-order valence-electron chi connectivity index (χ0n) is 13.1. The maximum atomic E-state index is 12.3. The van der Waals surface area contributed by atoms with E-state index in [4.69, 9.17) is 4.74 Å². The molecule has 1 aromatic heterocycles. The second-order valence-electron chi connectivity index (χ2n) is 6.30. The van der Waals surface area contributed by atoms with Crippen LogP contribution < -0.4 is 10.1 Å². The third kappa shape index (κ3) is 2.83. The Morgan fingerprint density at radius 3 is 2.96 bits per heavy atom. The molecular weight excluding hydrogens is 298 g/mol. The van der Waals surface area contributed by atoms with E-state index in [1.807, 2.05) is 6.07 Å². The van der Waals surface area contributed by atoms with Crippen LogP contribution in [0.1, 0.15) is 24.8 Å². The average molecular weight is 319 g/mol. The minimum absolute atomic E-state index is 0.0772. The van der Waals surface area contributed by atoms with Crippen molar-refractivity contribution in [3.63, 3.8) is 0 Å². The zero-order chi connectivity index (χ0) is 16.4. The summed E-state index contributed by atoms with van der Waals surface area (Å²) >= 11 is 0. The first kappa shape index (κ1) is 15.6. The molecule has 3 rings (SSSR count). The summed E-state index contributed by atoms with van der Waals surface area (Å²) in [4.78, 5) is 29.7. The van der Waals surface area contributed by atoms with E-state index < -0.39 is 11.4 Å². The fourth-order valence-corrected chi connectivity index (χ4v) is 3.72. The summed E-state index contributed by atoms with van der Waals surface area (Å²) in [5, 5.41) is 12.4. The molecule has 1 saturated carbocycles. The molecule has 1 aliphatic heterocycles. The van der Waals surface area contributed by atoms with Gasteiger partial charge in [0.05, 0.1) is 12.5 Å². The molecule has 2 amide bonds. The maximum absolute atomic E-state index is 12.3. The number of likely N-dealkylation sites (tertiary alicyclic amines) is 1. The zero-order valence-corrected chi connectivity index (χ0v) is 13.1. The summed E-state index contributed by atoms with van der Waals surface area (Å²) in [5.74, 6) is -0.168. The van der Waals surface area contributed by atoms with Crippen molar-refractivity contribution in [3.8, 4) is 5.88 Å². The number of carbonyl (C=O) groups is 2. The Morgan fingerprint density at radius 2 is 2.35 bits per heavy atom. The Kier molecular flexibility index (Phi) is 4.11. The number of urea groups is 1. The molecule has 0 aromatic carbocycles. The summed E-state index contributed by atoms with van der Waals surface area (Å²) in [5.41, 5.74) is 0.130. The van der Waals surface area contributed by atoms with E-state index in [-0.39, 0.29) is 11.9 Å². The van der Waals surface area contributed by atoms with Gasteiger partial charge < -0.3 is 20.1 Å². The number of fused-ring (bicyclic) bond motifs is 1. The van der Waals surface area contributed by atoms with Crippen LogP contribution in [0.15, 0.2) is 18.3 Å². The quantitative estimate of drug-likeness (QED) is 0.877. The van der Waals surface area contributed by atoms with Gasteiger partial charge in [-0.05, 0) is 24.3 Å². The topological polar surface area (TPSA) is 91.8 Å². The lowest BCUT2D eigenvalue weighted by Gasteiger charge is -2.23. The van der Waals surface area contributed by atoms with Crippen LogP contribution in [0.3, 0.4) is 0 Å². The minimum Gasteiger partial charge on any atom is -0.481 e. The summed E-state index contributed by atoms with van der Waals surface area (Å²) in [6.45, 7) is 1.19. The van der Waals surface area contributed by atoms with Gasteiger partial charge in [-0.15, -0.1) is 0 Å². The summed E-state index contributed by atoms with van der Waals surface area (Å²) in [6.07, 6.45) is 4.14. The average Bonchev–Trinajstić information content (AvgIpc) is 3.11. The van der Waals surface area contributed by atoms with Crippen LogP contribution in [0.25, 0.3) is 0 Å². The number of aromatic nitrogens is 1. The number of amides is 2. The van der Waals surface area contributed by atoms with Crippen molar-refractivity contribution in [1.82, 2.24) is 15.2 Å². The Morgan fingerprint density at radius 1 is 1.52 bits per heavy atom. The third-order valence-corrected chi connectivity index (χ3v) is 5.03. The first-order valence-corrected chi connectivity index (χ1v) is 7.80. The number of carboxylic acids is 1. The number of nitrogens with zero attached hydrogens (tertiary/aromatic N) is 2. The molecular formula is C16H21N3O4. The number of hydrogen-bond donors (Lipinski definition) is 2. The van der Waals surface area contributed by atoms with E-state index in [9.17, 15) is 14.7 Å². The molecule has 7 heteroatoms. The van der Waals surface area contributed by atoms with Crippen LogP contribution in [0.4, 0.5) is 4.79 Å². The number of aliphatic carboxylic acids is 1. The second-order valence-corrected chi connectivity index (χ2v) is 6.30. The van der Waals surface area contributed by atoms with Gasteiger partial charge in [-0.25, -0.2) is 9.78 Å². The van der Waals surface area contributed by atoms with Gasteiger partial charge in [-0.1, -0.05) is 12.5 Å². The maximum Gasteiger partial charge on any atom is 0.317 e. The van der Waals surface area contributed by atoms with Gasteiger partial charge in [-0.3, -0.25) is 4.79 Å². The number of nitrogens with one attached hydrogen (secondary N) is 1. The molecule has 2 fully saturated rings. The molecule has 2 N–H and O–H groups in total. The lowest BCUT2D eigenvalue weighted by atomic mass is 9.81. The molecule has 0 spiro atoms. The Labute approximate surface area is 134 Å². The molecule has 2 heterocycles. The number of pyridine rings is 1. The smallest absolute Gasteiger partial charge is 0.317 e. The van der Waals surface area contributed by atoms with E-state index in [0.29, 0.717) is 31.9 Å². The van der Waals surface area contributed by atoms with Gasteiger partial charge in [0.2, 0.25) is 5.88 Å². The molecule has 0 unspecified atom stereocenters. The number of methoxy groups -OCH3 is 1. The normalized spacial score (nSPS) is 26.0. The standard InChI is InChI=1S/C16H21N3O4/c1-23-13-5-4-11(7-17-13)8-18-15(22)19-9-12-3-2-6-16(12,10-19)14(20)21/h4-5,7,12H,2-3,6,8-10H2,1H3,(H,18,22)(H,20,21)/t12-,16+/m0/s1. The molecule has 124 valence electrons. The van der Waals surface area contributed by atoms with Crippen molar-refractivity contribution in [3.05, 3.63) is 23.9 Å². The van der Waals surface area contributed by atoms with Crippen LogP contribution in [0.5, 0.6) is 5.88 Å². The highest BCUT2D eigenvalue weighted by molar-refractivity contribution is 5.80. The highest BCUT2D eigenvalue weighted by Crippen LogP contribution is 2.48. The van der Waals surface area contributed by atoms with Crippen molar-refractivity contribution >= 4 is 12.0 Å². The molecule has 0 bridgehead atoms. The monoisotopic (exact) mass is 319 g/mol. The Hall–Kier alpha value is -2.31. The van der Waals surface area contributed by atoms with Crippen molar-refractivity contribution < 1.29 is 19.4 Å². The fraction of sp³-hybridized carbons (Fsp3) is 0.562. The van der Waals surface area contributed by atoms with Gasteiger partial charge >= 0.3 is 12.0 Å². The number of carboxylic acid groups (broad SMARTS) is 1. The van der Waals surface area contributed by atoms with Crippen molar-refractivity contribution in [2.45, 2.75) is 25.8 Å². The third-order valence-electron chi connectivity index (χ3n) is 5.03. The van der Waals surface area contributed by atoms with Crippen LogP contribution in [-0.4, -0.2) is 47.2 Å². The van der Waals surface area contributed by atoms with Crippen LogP contribution in [-0.2, 0) is 11.3 Å². The van der Waals surface area contributed by atoms with E-state index >= 15 is 0 Å². The van der Waals surface area contributed by atoms with Gasteiger partial charge in [0.25, 0.3) is 0 Å². The number of ether oxygens (including phenoxy) is 1. The molecule has 2 atom stereocenters. The summed E-state index contributed by atoms with van der Waals surface area (Å²) in [6, 6.07) is 3.36. The summed E-state index contributed by atoms with van der Waals surface area (Å²) < 4.78 is 4.99. The van der Waals surface area contributed by atoms with Crippen LogP contribution in [0, 0.1) is 11.3 Å².